The molecule has 1 rings (SSSR count). The topological polar surface area (TPSA) is 73.2 Å². The molecule has 0 atom stereocenters. The Morgan fingerprint density at radius 3 is 0.867 bits per heavy atom. The van der Waals surface area contributed by atoms with Crippen LogP contribution < -0.4 is 16.3 Å². The van der Waals surface area contributed by atoms with E-state index < -0.39 is 0 Å². The number of nitrogens with one attached hydrogen (secondary N) is 3. The van der Waals surface area contributed by atoms with Crippen LogP contribution in [-0.4, -0.2) is 33.8 Å². The van der Waals surface area contributed by atoms with Gasteiger partial charge in [-0.2, -0.15) is 15.3 Å². The van der Waals surface area contributed by atoms with Crippen molar-refractivity contribution in [3.63, 3.8) is 0 Å². The molecule has 0 aliphatic carbocycles. The lowest BCUT2D eigenvalue weighted by atomic mass is 9.98. The van der Waals surface area contributed by atoms with E-state index in [4.69, 9.17) is 0 Å². The first-order valence-corrected chi connectivity index (χ1v) is 10.6. The first-order chi connectivity index (χ1) is 13.5. The zero-order valence-electron chi connectivity index (χ0n) is 21.1. The van der Waals surface area contributed by atoms with E-state index in [2.05, 4.69) is 112 Å². The summed E-state index contributed by atoms with van der Waals surface area (Å²) in [4.78, 5) is 0. The summed E-state index contributed by atoms with van der Waals surface area (Å²) >= 11 is 0. The molecule has 0 heterocycles. The lowest BCUT2D eigenvalue weighted by Gasteiger charge is -2.20. The number of hydrogen-bond donors (Lipinski definition) is 3. The maximum atomic E-state index is 4.59. The fourth-order valence-corrected chi connectivity index (χ4v) is 2.20. The third-order valence-corrected chi connectivity index (χ3v) is 3.86. The Bertz CT molecular complexity index is 690. The molecule has 0 amide bonds. The number of rotatable bonds is 6. The smallest absolute Gasteiger partial charge is 0.0644 e. The molecule has 0 spiro atoms. The number of nitrogens with zero attached hydrogens (tertiary/aromatic N) is 3. The summed E-state index contributed by atoms with van der Waals surface area (Å²) in [6, 6.07) is 6.38. The molecule has 168 valence electrons. The summed E-state index contributed by atoms with van der Waals surface area (Å²) in [6.07, 6.45) is 0. The van der Waals surface area contributed by atoms with Crippen molar-refractivity contribution in [1.82, 2.24) is 16.3 Å². The van der Waals surface area contributed by atoms with Crippen LogP contribution in [0.25, 0.3) is 0 Å². The highest BCUT2D eigenvalue weighted by Crippen LogP contribution is 2.15. The van der Waals surface area contributed by atoms with E-state index in [1.165, 1.54) is 0 Å². The van der Waals surface area contributed by atoms with Gasteiger partial charge in [-0.1, -0.05) is 0 Å². The maximum absolute atomic E-state index is 4.59. The van der Waals surface area contributed by atoms with E-state index in [9.17, 15) is 0 Å². The number of hydrazone groups is 3. The van der Waals surface area contributed by atoms with E-state index in [-0.39, 0.29) is 16.6 Å². The van der Waals surface area contributed by atoms with Gasteiger partial charge in [0.2, 0.25) is 0 Å². The largest absolute Gasteiger partial charge is 0.305 e. The predicted octanol–water partition coefficient (Wildman–Crippen LogP) is 5.02. The Morgan fingerprint density at radius 1 is 0.500 bits per heavy atom. The van der Waals surface area contributed by atoms with Crippen LogP contribution in [0.2, 0.25) is 0 Å². The van der Waals surface area contributed by atoms with Gasteiger partial charge in [0, 0.05) is 16.6 Å². The van der Waals surface area contributed by atoms with Crippen LogP contribution in [0.5, 0.6) is 0 Å². The summed E-state index contributed by atoms with van der Waals surface area (Å²) in [5.41, 5.74) is 15.2. The van der Waals surface area contributed by atoms with Crippen molar-refractivity contribution in [2.45, 2.75) is 99.7 Å². The van der Waals surface area contributed by atoms with E-state index in [1.807, 2.05) is 20.8 Å². The maximum Gasteiger partial charge on any atom is 0.0644 e. The van der Waals surface area contributed by atoms with Crippen LogP contribution in [-0.2, 0) is 0 Å². The molecule has 0 aliphatic rings. The second-order valence-corrected chi connectivity index (χ2v) is 11.0. The SMILES string of the molecule is C/C(=N\NC(C)(C)C)c1cc(/C(C)=N/NC(C)(C)C)cc(/C(C)=N/NC(C)(C)C)c1. The minimum Gasteiger partial charge on any atom is -0.305 e. The van der Waals surface area contributed by atoms with E-state index >= 15 is 0 Å². The molecule has 1 aromatic carbocycles. The second-order valence-electron chi connectivity index (χ2n) is 11.0. The van der Waals surface area contributed by atoms with Gasteiger partial charge in [-0.25, -0.2) is 0 Å². The third kappa shape index (κ3) is 9.90. The Hall–Kier alpha value is -2.37. The molecule has 1 aromatic rings. The molecule has 6 nitrogen and oxygen atoms in total. The summed E-state index contributed by atoms with van der Waals surface area (Å²) in [5.74, 6) is 0. The lowest BCUT2D eigenvalue weighted by Crippen LogP contribution is -2.32. The minimum atomic E-state index is -0.0935. The zero-order valence-corrected chi connectivity index (χ0v) is 21.1. The van der Waals surface area contributed by atoms with Crippen molar-refractivity contribution in [1.29, 1.82) is 0 Å². The number of hydrogen-bond acceptors (Lipinski definition) is 6. The molecule has 30 heavy (non-hydrogen) atoms. The average molecular weight is 415 g/mol. The normalized spacial score (nSPS) is 14.6. The van der Waals surface area contributed by atoms with Crippen LogP contribution in [0.15, 0.2) is 33.5 Å². The molecule has 0 unspecified atom stereocenters. The van der Waals surface area contributed by atoms with Crippen LogP contribution in [0.1, 0.15) is 99.8 Å². The van der Waals surface area contributed by atoms with Gasteiger partial charge < -0.3 is 16.3 Å². The molecular weight excluding hydrogens is 372 g/mol. The molecular formula is C24H42N6. The average Bonchev–Trinajstić information content (AvgIpc) is 2.59. The predicted molar refractivity (Wildman–Crippen MR) is 132 cm³/mol. The first-order valence-electron chi connectivity index (χ1n) is 10.6. The van der Waals surface area contributed by atoms with Gasteiger partial charge in [-0.15, -0.1) is 0 Å². The van der Waals surface area contributed by atoms with Crippen LogP contribution >= 0.6 is 0 Å². The van der Waals surface area contributed by atoms with Gasteiger partial charge in [0.05, 0.1) is 17.1 Å². The Morgan fingerprint density at radius 2 is 0.700 bits per heavy atom. The molecule has 0 saturated heterocycles. The van der Waals surface area contributed by atoms with E-state index in [1.54, 1.807) is 0 Å². The highest BCUT2D eigenvalue weighted by molar-refractivity contribution is 6.08. The van der Waals surface area contributed by atoms with Crippen molar-refractivity contribution in [3.8, 4) is 0 Å². The van der Waals surface area contributed by atoms with Crippen molar-refractivity contribution in [3.05, 3.63) is 34.9 Å². The summed E-state index contributed by atoms with van der Waals surface area (Å²) in [5, 5.41) is 13.8. The van der Waals surface area contributed by atoms with Crippen molar-refractivity contribution < 1.29 is 0 Å². The van der Waals surface area contributed by atoms with Gasteiger partial charge in [0.15, 0.2) is 0 Å². The number of benzene rings is 1. The monoisotopic (exact) mass is 414 g/mol. The van der Waals surface area contributed by atoms with Gasteiger partial charge in [-0.3, -0.25) is 0 Å². The zero-order chi connectivity index (χ0) is 23.3. The lowest BCUT2D eigenvalue weighted by molar-refractivity contribution is 0.441. The third-order valence-electron chi connectivity index (χ3n) is 3.86. The highest BCUT2D eigenvalue weighted by atomic mass is 15.3. The van der Waals surface area contributed by atoms with Gasteiger partial charge in [0.1, 0.15) is 0 Å². The van der Waals surface area contributed by atoms with Gasteiger partial charge in [0.25, 0.3) is 0 Å². The summed E-state index contributed by atoms with van der Waals surface area (Å²) in [7, 11) is 0. The Balaban J connectivity index is 3.44. The fourth-order valence-electron chi connectivity index (χ4n) is 2.20. The molecule has 0 aromatic heterocycles. The van der Waals surface area contributed by atoms with Crippen LogP contribution in [0.3, 0.4) is 0 Å². The van der Waals surface area contributed by atoms with E-state index in [0.29, 0.717) is 0 Å². The first kappa shape index (κ1) is 25.7. The molecule has 0 saturated carbocycles. The molecule has 0 radical (unpaired) electrons. The van der Waals surface area contributed by atoms with E-state index in [0.717, 1.165) is 33.8 Å². The van der Waals surface area contributed by atoms with Gasteiger partial charge >= 0.3 is 0 Å². The fraction of sp³-hybridized carbons (Fsp3) is 0.625. The van der Waals surface area contributed by atoms with Gasteiger partial charge in [-0.05, 0) is 118 Å². The summed E-state index contributed by atoms with van der Waals surface area (Å²) in [6.45, 7) is 24.9. The quantitative estimate of drug-likeness (QED) is 0.452. The molecule has 0 fully saturated rings. The van der Waals surface area contributed by atoms with Crippen molar-refractivity contribution in [2.75, 3.05) is 0 Å². The molecule has 0 bridgehead atoms. The summed E-state index contributed by atoms with van der Waals surface area (Å²) < 4.78 is 0. The van der Waals surface area contributed by atoms with Crippen LogP contribution in [0.4, 0.5) is 0 Å². The second kappa shape index (κ2) is 9.63. The van der Waals surface area contributed by atoms with Crippen molar-refractivity contribution in [2.24, 2.45) is 15.3 Å². The van der Waals surface area contributed by atoms with Crippen LogP contribution in [0, 0.1) is 0 Å². The molecule has 0 aliphatic heterocycles. The Kier molecular flexibility index (Phi) is 8.24. The van der Waals surface area contributed by atoms with Crippen molar-refractivity contribution >= 4 is 17.1 Å². The minimum absolute atomic E-state index is 0.0935. The molecule has 6 heteroatoms. The Labute approximate surface area is 183 Å². The highest BCUT2D eigenvalue weighted by Gasteiger charge is 2.13. The molecule has 3 N–H and O–H groups in total. The standard InChI is InChI=1S/C24H42N6/c1-16(25-28-22(4,5)6)19-13-20(17(2)26-29-23(7,8)9)15-21(14-19)18(3)27-30-24(10,11)12/h13-15,28-30H,1-12H3/b25-16+,26-17+,27-18+.